The second kappa shape index (κ2) is 9.01. The molecule has 0 spiro atoms. The van der Waals surface area contributed by atoms with Gasteiger partial charge in [-0.25, -0.2) is 0 Å². The van der Waals surface area contributed by atoms with Crippen molar-refractivity contribution in [2.45, 2.75) is 45.8 Å². The Morgan fingerprint density at radius 2 is 1.68 bits per heavy atom. The van der Waals surface area contributed by atoms with Gasteiger partial charge in [-0.15, -0.1) is 0 Å². The topological polar surface area (TPSA) is 32.1 Å². The molecule has 2 rings (SSSR count). The van der Waals surface area contributed by atoms with E-state index in [4.69, 9.17) is 14.2 Å². The van der Waals surface area contributed by atoms with Crippen LogP contribution in [0, 0.1) is 0 Å². The molecule has 0 radical (unpaired) electrons. The Kier molecular flexibility index (Phi) is 7.00. The minimum Gasteiger partial charge on any atom is -0.490 e. The number of ether oxygens (including phenoxy) is 3. The number of unbranched alkanes of at least 4 members (excludes halogenated alkanes) is 1. The maximum atomic E-state index is 5.86. The fourth-order valence-corrected chi connectivity index (χ4v) is 3.10. The van der Waals surface area contributed by atoms with Crippen molar-refractivity contribution in [3.8, 4) is 11.5 Å². The fourth-order valence-electron chi connectivity index (χ4n) is 3.10. The maximum Gasteiger partial charge on any atom is 0.161 e. The molecule has 1 aromatic rings. The molecular weight excluding hydrogens is 278 g/mol. The first-order chi connectivity index (χ1) is 10.7. The average Bonchev–Trinajstić information content (AvgIpc) is 2.48. The highest BCUT2D eigenvalue weighted by Gasteiger charge is 2.24. The molecular formula is C18H30NO3+. The third-order valence-electron chi connectivity index (χ3n) is 3.95. The molecule has 124 valence electrons. The number of nitrogens with one attached hydrogen (secondary N) is 1. The van der Waals surface area contributed by atoms with Crippen molar-refractivity contribution in [1.82, 2.24) is 0 Å². The number of rotatable bonds is 8. The highest BCUT2D eigenvalue weighted by molar-refractivity contribution is 5.39. The van der Waals surface area contributed by atoms with Crippen LogP contribution in [0.3, 0.4) is 0 Å². The summed E-state index contributed by atoms with van der Waals surface area (Å²) in [4.78, 5) is 1.65. The van der Waals surface area contributed by atoms with Gasteiger partial charge >= 0.3 is 0 Å². The zero-order valence-corrected chi connectivity index (χ0v) is 14.1. The quantitative estimate of drug-likeness (QED) is 0.745. The highest BCUT2D eigenvalue weighted by Crippen LogP contribution is 2.26. The van der Waals surface area contributed by atoms with Gasteiger partial charge in [0.05, 0.1) is 19.8 Å². The van der Waals surface area contributed by atoms with E-state index in [1.165, 1.54) is 13.0 Å². The van der Waals surface area contributed by atoms with E-state index >= 15 is 0 Å². The summed E-state index contributed by atoms with van der Waals surface area (Å²) in [5.74, 6) is 1.69. The second-order valence-corrected chi connectivity index (χ2v) is 6.10. The molecule has 1 heterocycles. The van der Waals surface area contributed by atoms with E-state index in [0.717, 1.165) is 37.6 Å². The summed E-state index contributed by atoms with van der Waals surface area (Å²) in [5.41, 5.74) is 0. The summed E-state index contributed by atoms with van der Waals surface area (Å²) in [6.07, 6.45) is 3.03. The largest absolute Gasteiger partial charge is 0.490 e. The van der Waals surface area contributed by atoms with E-state index in [0.29, 0.717) is 18.8 Å². The SMILES string of the molecule is CCOc1ccccc1OCCCC[NH+]1C[C@@H](C)O[C@H](C)C1. The standard InChI is InChI=1S/C18H29NO3/c1-4-20-17-9-5-6-10-18(17)21-12-8-7-11-19-13-15(2)22-16(3)14-19/h5-6,9-10,15-16H,4,7-8,11-14H2,1-3H3/p+1/t15-,16-/m1/s1. The molecule has 0 bridgehead atoms. The van der Waals surface area contributed by atoms with Gasteiger partial charge in [0.15, 0.2) is 11.5 Å². The molecule has 0 saturated carbocycles. The summed E-state index contributed by atoms with van der Waals surface area (Å²) < 4.78 is 17.2. The van der Waals surface area contributed by atoms with Gasteiger partial charge in [0.1, 0.15) is 25.3 Å². The molecule has 0 amide bonds. The summed E-state index contributed by atoms with van der Waals surface area (Å²) in [6, 6.07) is 7.89. The summed E-state index contributed by atoms with van der Waals surface area (Å²) in [7, 11) is 0. The molecule has 0 aliphatic carbocycles. The zero-order valence-electron chi connectivity index (χ0n) is 14.1. The molecule has 0 unspecified atom stereocenters. The van der Waals surface area contributed by atoms with E-state index in [9.17, 15) is 0 Å². The second-order valence-electron chi connectivity index (χ2n) is 6.10. The molecule has 4 heteroatoms. The smallest absolute Gasteiger partial charge is 0.161 e. The Morgan fingerprint density at radius 1 is 1.05 bits per heavy atom. The van der Waals surface area contributed by atoms with E-state index in [2.05, 4.69) is 13.8 Å². The van der Waals surface area contributed by atoms with E-state index in [-0.39, 0.29) is 0 Å². The van der Waals surface area contributed by atoms with Crippen LogP contribution in [0.15, 0.2) is 24.3 Å². The molecule has 1 aliphatic heterocycles. The van der Waals surface area contributed by atoms with Crippen molar-refractivity contribution in [3.63, 3.8) is 0 Å². The molecule has 4 nitrogen and oxygen atoms in total. The van der Waals surface area contributed by atoms with Crippen LogP contribution in [0.25, 0.3) is 0 Å². The van der Waals surface area contributed by atoms with Gasteiger partial charge in [-0.3, -0.25) is 0 Å². The third-order valence-corrected chi connectivity index (χ3v) is 3.95. The first kappa shape index (κ1) is 17.1. The lowest BCUT2D eigenvalue weighted by atomic mass is 10.2. The molecule has 1 aromatic carbocycles. The molecule has 1 aliphatic rings. The minimum absolute atomic E-state index is 0.382. The van der Waals surface area contributed by atoms with Crippen LogP contribution in [-0.4, -0.2) is 45.1 Å². The molecule has 2 atom stereocenters. The zero-order chi connectivity index (χ0) is 15.8. The normalized spacial score (nSPS) is 25.0. The fraction of sp³-hybridized carbons (Fsp3) is 0.667. The Morgan fingerprint density at radius 3 is 2.32 bits per heavy atom. The first-order valence-electron chi connectivity index (χ1n) is 8.52. The van der Waals surface area contributed by atoms with E-state index < -0.39 is 0 Å². The Hall–Kier alpha value is -1.26. The third kappa shape index (κ3) is 5.50. The minimum atomic E-state index is 0.382. The highest BCUT2D eigenvalue weighted by atomic mass is 16.5. The van der Waals surface area contributed by atoms with Gasteiger partial charge in [-0.05, 0) is 45.7 Å². The number of quaternary nitrogens is 1. The lowest BCUT2D eigenvalue weighted by molar-refractivity contribution is -0.915. The predicted molar refractivity (Wildman–Crippen MR) is 87.9 cm³/mol. The van der Waals surface area contributed by atoms with Crippen molar-refractivity contribution in [3.05, 3.63) is 24.3 Å². The maximum absolute atomic E-state index is 5.86. The van der Waals surface area contributed by atoms with Crippen LogP contribution in [0.2, 0.25) is 0 Å². The number of hydrogen-bond donors (Lipinski definition) is 1. The van der Waals surface area contributed by atoms with E-state index in [1.807, 2.05) is 31.2 Å². The lowest BCUT2D eigenvalue weighted by Gasteiger charge is -2.32. The van der Waals surface area contributed by atoms with Crippen molar-refractivity contribution in [1.29, 1.82) is 0 Å². The van der Waals surface area contributed by atoms with Gasteiger partial charge in [0.2, 0.25) is 0 Å². The van der Waals surface area contributed by atoms with Crippen molar-refractivity contribution < 1.29 is 19.1 Å². The molecule has 0 aromatic heterocycles. The number of hydrogen-bond acceptors (Lipinski definition) is 3. The van der Waals surface area contributed by atoms with Gasteiger partial charge in [-0.1, -0.05) is 12.1 Å². The van der Waals surface area contributed by atoms with Gasteiger partial charge in [0, 0.05) is 0 Å². The summed E-state index contributed by atoms with van der Waals surface area (Å²) >= 11 is 0. The van der Waals surface area contributed by atoms with Crippen LogP contribution < -0.4 is 14.4 Å². The molecule has 1 N–H and O–H groups in total. The molecule has 1 saturated heterocycles. The first-order valence-corrected chi connectivity index (χ1v) is 8.52. The van der Waals surface area contributed by atoms with Crippen molar-refractivity contribution in [2.75, 3.05) is 32.8 Å². The molecule has 1 fully saturated rings. The Balaban J connectivity index is 1.65. The summed E-state index contributed by atoms with van der Waals surface area (Å²) in [5, 5.41) is 0. The van der Waals surface area contributed by atoms with Crippen LogP contribution in [0.1, 0.15) is 33.6 Å². The predicted octanol–water partition coefficient (Wildman–Crippen LogP) is 1.94. The van der Waals surface area contributed by atoms with Crippen LogP contribution >= 0.6 is 0 Å². The van der Waals surface area contributed by atoms with Gasteiger partial charge in [0.25, 0.3) is 0 Å². The number of morpholine rings is 1. The van der Waals surface area contributed by atoms with E-state index in [1.54, 1.807) is 4.90 Å². The van der Waals surface area contributed by atoms with Crippen molar-refractivity contribution >= 4 is 0 Å². The van der Waals surface area contributed by atoms with Crippen molar-refractivity contribution in [2.24, 2.45) is 0 Å². The van der Waals surface area contributed by atoms with Crippen LogP contribution in [-0.2, 0) is 4.74 Å². The van der Waals surface area contributed by atoms with Crippen LogP contribution in [0.4, 0.5) is 0 Å². The van der Waals surface area contributed by atoms with Gasteiger partial charge < -0.3 is 19.1 Å². The average molecular weight is 308 g/mol. The lowest BCUT2D eigenvalue weighted by Crippen LogP contribution is -3.15. The number of benzene rings is 1. The Labute approximate surface area is 134 Å². The molecule has 22 heavy (non-hydrogen) atoms. The van der Waals surface area contributed by atoms with Crippen LogP contribution in [0.5, 0.6) is 11.5 Å². The van der Waals surface area contributed by atoms with Gasteiger partial charge in [-0.2, -0.15) is 0 Å². The number of para-hydroxylation sites is 2. The summed E-state index contributed by atoms with van der Waals surface area (Å²) in [6.45, 7) is 11.2. The Bertz CT molecular complexity index is 428. The monoisotopic (exact) mass is 308 g/mol.